The Labute approximate surface area is 107 Å². The van der Waals surface area contributed by atoms with Crippen molar-refractivity contribution in [3.05, 3.63) is 11.9 Å². The van der Waals surface area contributed by atoms with Crippen LogP contribution >= 0.6 is 11.8 Å². The lowest BCUT2D eigenvalue weighted by atomic mass is 10.2. The minimum atomic E-state index is 0.429. The van der Waals surface area contributed by atoms with Gasteiger partial charge in [0.15, 0.2) is 5.82 Å². The first kappa shape index (κ1) is 14.3. The Balaban J connectivity index is 2.61. The van der Waals surface area contributed by atoms with Crippen LogP contribution in [-0.4, -0.2) is 22.3 Å². The maximum Gasteiger partial charge on any atom is 0.157 e. The average Bonchev–Trinajstić information content (AvgIpc) is 2.32. The number of nitrogens with zero attached hydrogens (tertiary/aromatic N) is 2. The van der Waals surface area contributed by atoms with Crippen molar-refractivity contribution in [3.63, 3.8) is 0 Å². The predicted molar refractivity (Wildman–Crippen MR) is 72.0 cm³/mol. The van der Waals surface area contributed by atoms with Gasteiger partial charge in [-0.2, -0.15) is 0 Å². The molecule has 96 valence electrons. The molecule has 0 fully saturated rings. The molecule has 5 heteroatoms. The highest BCUT2D eigenvalue weighted by molar-refractivity contribution is 7.99. The second-order valence-electron chi connectivity index (χ2n) is 4.01. The van der Waals surface area contributed by atoms with Crippen LogP contribution in [-0.2, 0) is 11.3 Å². The summed E-state index contributed by atoms with van der Waals surface area (Å²) in [6, 6.07) is 1.82. The van der Waals surface area contributed by atoms with Crippen LogP contribution in [0.5, 0.6) is 0 Å². The largest absolute Gasteiger partial charge is 0.384 e. The quantitative estimate of drug-likeness (QED) is 0.599. The van der Waals surface area contributed by atoms with Crippen LogP contribution in [0.15, 0.2) is 11.1 Å². The van der Waals surface area contributed by atoms with Gasteiger partial charge in [-0.1, -0.05) is 20.3 Å². The summed E-state index contributed by atoms with van der Waals surface area (Å²) in [5.74, 6) is 2.92. The third kappa shape index (κ3) is 5.37. The van der Waals surface area contributed by atoms with Crippen molar-refractivity contribution in [2.45, 2.75) is 38.8 Å². The van der Waals surface area contributed by atoms with Crippen LogP contribution < -0.4 is 5.73 Å². The van der Waals surface area contributed by atoms with Gasteiger partial charge in [0.25, 0.3) is 0 Å². The van der Waals surface area contributed by atoms with Gasteiger partial charge in [0, 0.05) is 18.4 Å². The first-order chi connectivity index (χ1) is 8.15. The molecule has 0 bridgehead atoms. The number of hydrogen-bond acceptors (Lipinski definition) is 5. The Morgan fingerprint density at radius 1 is 1.41 bits per heavy atom. The molecule has 0 saturated heterocycles. The molecule has 1 atom stereocenters. The number of nitrogens with two attached hydrogens (primary N) is 1. The van der Waals surface area contributed by atoms with Crippen LogP contribution in [0.3, 0.4) is 0 Å². The molecule has 0 aliphatic carbocycles. The lowest BCUT2D eigenvalue weighted by Gasteiger charge is -2.08. The highest BCUT2D eigenvalue weighted by Gasteiger charge is 2.05. The second-order valence-corrected chi connectivity index (χ2v) is 5.05. The molecule has 0 saturated carbocycles. The lowest BCUT2D eigenvalue weighted by Crippen LogP contribution is -2.04. The fraction of sp³-hybridized carbons (Fsp3) is 0.667. The number of ether oxygens (including phenoxy) is 1. The smallest absolute Gasteiger partial charge is 0.157 e. The molecule has 0 radical (unpaired) electrons. The number of rotatable bonds is 7. The first-order valence-electron chi connectivity index (χ1n) is 5.99. The fourth-order valence-corrected chi connectivity index (χ4v) is 2.23. The van der Waals surface area contributed by atoms with E-state index in [0.29, 0.717) is 30.8 Å². The van der Waals surface area contributed by atoms with Gasteiger partial charge in [-0.3, -0.25) is 0 Å². The summed E-state index contributed by atoms with van der Waals surface area (Å²) < 4.78 is 5.29. The van der Waals surface area contributed by atoms with Gasteiger partial charge < -0.3 is 10.5 Å². The molecular formula is C12H21N3OS. The molecular weight excluding hydrogens is 234 g/mol. The van der Waals surface area contributed by atoms with E-state index >= 15 is 0 Å². The van der Waals surface area contributed by atoms with Gasteiger partial charge in [-0.05, 0) is 12.8 Å². The molecule has 1 aromatic rings. The van der Waals surface area contributed by atoms with Crippen LogP contribution in [0.2, 0.25) is 0 Å². The second kappa shape index (κ2) is 7.50. The van der Waals surface area contributed by atoms with Gasteiger partial charge in [-0.25, -0.2) is 9.97 Å². The normalized spacial score (nSPS) is 12.6. The Bertz CT molecular complexity index is 347. The third-order valence-corrected chi connectivity index (χ3v) is 3.66. The summed E-state index contributed by atoms with van der Waals surface area (Å²) in [5, 5.41) is 0.938. The van der Waals surface area contributed by atoms with E-state index in [9.17, 15) is 0 Å². The predicted octanol–water partition coefficient (Wildman–Crippen LogP) is 2.73. The molecule has 1 rings (SSSR count). The number of aromatic nitrogens is 2. The fourth-order valence-electron chi connectivity index (χ4n) is 1.17. The van der Waals surface area contributed by atoms with E-state index < -0.39 is 0 Å². The minimum absolute atomic E-state index is 0.429. The maximum absolute atomic E-state index is 5.75. The van der Waals surface area contributed by atoms with Crippen LogP contribution in [0, 0.1) is 5.92 Å². The lowest BCUT2D eigenvalue weighted by molar-refractivity contribution is 0.128. The van der Waals surface area contributed by atoms with E-state index in [1.807, 2.05) is 13.0 Å². The molecule has 1 heterocycles. The van der Waals surface area contributed by atoms with Crippen molar-refractivity contribution in [1.82, 2.24) is 9.97 Å². The van der Waals surface area contributed by atoms with Gasteiger partial charge in [0.05, 0.1) is 0 Å². The molecule has 0 aliphatic heterocycles. The van der Waals surface area contributed by atoms with Gasteiger partial charge in [0.2, 0.25) is 0 Å². The monoisotopic (exact) mass is 255 g/mol. The number of hydrogen-bond donors (Lipinski definition) is 1. The van der Waals surface area contributed by atoms with Gasteiger partial charge in [0.1, 0.15) is 17.5 Å². The van der Waals surface area contributed by atoms with E-state index in [1.165, 1.54) is 6.42 Å². The molecule has 2 N–H and O–H groups in total. The van der Waals surface area contributed by atoms with E-state index in [-0.39, 0.29) is 0 Å². The summed E-state index contributed by atoms with van der Waals surface area (Å²) in [6.45, 7) is 7.47. The zero-order valence-electron chi connectivity index (χ0n) is 10.8. The minimum Gasteiger partial charge on any atom is -0.384 e. The van der Waals surface area contributed by atoms with E-state index in [0.717, 1.165) is 10.8 Å². The number of thioether (sulfide) groups is 1. The molecule has 1 unspecified atom stereocenters. The highest BCUT2D eigenvalue weighted by Crippen LogP contribution is 2.21. The molecule has 0 aliphatic rings. The van der Waals surface area contributed by atoms with Crippen molar-refractivity contribution in [3.8, 4) is 0 Å². The molecule has 0 spiro atoms. The standard InChI is InChI=1S/C12H21N3OS/c1-4-9(3)8-17-12-6-10(13)14-11(15-12)7-16-5-2/h6,9H,4-5,7-8H2,1-3H3,(H2,13,14,15). The van der Waals surface area contributed by atoms with E-state index in [4.69, 9.17) is 10.5 Å². The molecule has 1 aromatic heterocycles. The van der Waals surface area contributed by atoms with Gasteiger partial charge >= 0.3 is 0 Å². The topological polar surface area (TPSA) is 61.0 Å². The molecule has 17 heavy (non-hydrogen) atoms. The zero-order valence-corrected chi connectivity index (χ0v) is 11.6. The molecule has 4 nitrogen and oxygen atoms in total. The average molecular weight is 255 g/mol. The van der Waals surface area contributed by atoms with E-state index in [1.54, 1.807) is 11.8 Å². The van der Waals surface area contributed by atoms with Crippen LogP contribution in [0.1, 0.15) is 33.0 Å². The molecule has 0 amide bonds. The zero-order chi connectivity index (χ0) is 12.7. The SMILES string of the molecule is CCOCc1nc(N)cc(SCC(C)CC)n1. The van der Waals surface area contributed by atoms with Crippen LogP contribution in [0.4, 0.5) is 5.82 Å². The van der Waals surface area contributed by atoms with Crippen molar-refractivity contribution in [2.75, 3.05) is 18.1 Å². The Morgan fingerprint density at radius 3 is 2.82 bits per heavy atom. The summed E-state index contributed by atoms with van der Waals surface area (Å²) in [7, 11) is 0. The summed E-state index contributed by atoms with van der Waals surface area (Å²) in [6.07, 6.45) is 1.18. The number of nitrogen functional groups attached to an aromatic ring is 1. The number of anilines is 1. The molecule has 0 aromatic carbocycles. The third-order valence-electron chi connectivity index (χ3n) is 2.42. The Morgan fingerprint density at radius 2 is 2.18 bits per heavy atom. The highest BCUT2D eigenvalue weighted by atomic mass is 32.2. The summed E-state index contributed by atoms with van der Waals surface area (Å²) in [5.41, 5.74) is 5.75. The van der Waals surface area contributed by atoms with Crippen molar-refractivity contribution < 1.29 is 4.74 Å². The van der Waals surface area contributed by atoms with Crippen LogP contribution in [0.25, 0.3) is 0 Å². The summed E-state index contributed by atoms with van der Waals surface area (Å²) >= 11 is 1.73. The Kier molecular flexibility index (Phi) is 6.29. The van der Waals surface area contributed by atoms with Crippen molar-refractivity contribution >= 4 is 17.6 Å². The van der Waals surface area contributed by atoms with E-state index in [2.05, 4.69) is 23.8 Å². The van der Waals surface area contributed by atoms with Gasteiger partial charge in [-0.15, -0.1) is 11.8 Å². The van der Waals surface area contributed by atoms with Crippen molar-refractivity contribution in [1.29, 1.82) is 0 Å². The maximum atomic E-state index is 5.75. The van der Waals surface area contributed by atoms with Crippen molar-refractivity contribution in [2.24, 2.45) is 5.92 Å². The summed E-state index contributed by atoms with van der Waals surface area (Å²) in [4.78, 5) is 8.57. The first-order valence-corrected chi connectivity index (χ1v) is 6.98. The Hall–Kier alpha value is -0.810.